The zero-order chi connectivity index (χ0) is 9.98. The van der Waals surface area contributed by atoms with Gasteiger partial charge in [-0.25, -0.2) is 0 Å². The SMILES string of the molecule is C.C.C.C.CCC(C)CC.CCC(C)CC. The van der Waals surface area contributed by atoms with E-state index in [9.17, 15) is 0 Å². The van der Waals surface area contributed by atoms with Gasteiger partial charge >= 0.3 is 0 Å². The van der Waals surface area contributed by atoms with Crippen LogP contribution in [0, 0.1) is 11.8 Å². The molecule has 0 nitrogen and oxygen atoms in total. The molecule has 0 aliphatic rings. The highest BCUT2D eigenvalue weighted by molar-refractivity contribution is 4.42. The van der Waals surface area contributed by atoms with Crippen molar-refractivity contribution in [3.63, 3.8) is 0 Å². The monoisotopic (exact) mass is 236 g/mol. The van der Waals surface area contributed by atoms with Crippen molar-refractivity contribution in [3.8, 4) is 0 Å². The standard InChI is InChI=1S/2C6H14.4CH4/c2*1-4-6(3)5-2;;;;/h2*6H,4-5H2,1-3H3;4*1H4. The Hall–Kier alpha value is 0. The van der Waals surface area contributed by atoms with E-state index in [0.29, 0.717) is 0 Å². The van der Waals surface area contributed by atoms with Crippen molar-refractivity contribution in [2.45, 2.75) is 96.9 Å². The van der Waals surface area contributed by atoms with Crippen LogP contribution in [0.5, 0.6) is 0 Å². The summed E-state index contributed by atoms with van der Waals surface area (Å²) in [5.41, 5.74) is 0. The molecule has 0 saturated heterocycles. The summed E-state index contributed by atoms with van der Waals surface area (Å²) in [5.74, 6) is 1.87. The Labute approximate surface area is 109 Å². The molecule has 0 aromatic rings. The summed E-state index contributed by atoms with van der Waals surface area (Å²) in [6, 6.07) is 0. The Bertz CT molecular complexity index is 48.4. The van der Waals surface area contributed by atoms with Gasteiger partial charge in [-0.2, -0.15) is 0 Å². The van der Waals surface area contributed by atoms with Crippen LogP contribution in [-0.2, 0) is 0 Å². The van der Waals surface area contributed by atoms with E-state index in [2.05, 4.69) is 41.5 Å². The Morgan fingerprint density at radius 2 is 0.625 bits per heavy atom. The molecule has 0 N–H and O–H groups in total. The van der Waals surface area contributed by atoms with Gasteiger partial charge in [-0.05, 0) is 11.8 Å². The number of hydrogen-bond acceptors (Lipinski definition) is 0. The van der Waals surface area contributed by atoms with Gasteiger partial charge in [0.15, 0.2) is 0 Å². The lowest BCUT2D eigenvalue weighted by molar-refractivity contribution is 0.544. The topological polar surface area (TPSA) is 0 Å². The first-order chi connectivity index (χ1) is 5.62. The van der Waals surface area contributed by atoms with Gasteiger partial charge < -0.3 is 0 Å². The van der Waals surface area contributed by atoms with Gasteiger partial charge in [0.25, 0.3) is 0 Å². The highest BCUT2D eigenvalue weighted by Gasteiger charge is 1.89. The summed E-state index contributed by atoms with van der Waals surface area (Å²) in [4.78, 5) is 0. The van der Waals surface area contributed by atoms with Gasteiger partial charge in [0, 0.05) is 0 Å². The van der Waals surface area contributed by atoms with Gasteiger partial charge in [-0.3, -0.25) is 0 Å². The van der Waals surface area contributed by atoms with Crippen LogP contribution < -0.4 is 0 Å². The first kappa shape index (κ1) is 36.0. The Balaban J connectivity index is -0.0000000250. The van der Waals surface area contributed by atoms with E-state index < -0.39 is 0 Å². The van der Waals surface area contributed by atoms with Crippen LogP contribution in [-0.4, -0.2) is 0 Å². The van der Waals surface area contributed by atoms with Crippen LogP contribution in [0.25, 0.3) is 0 Å². The quantitative estimate of drug-likeness (QED) is 0.476. The van der Waals surface area contributed by atoms with Gasteiger partial charge in [0.05, 0.1) is 0 Å². The van der Waals surface area contributed by atoms with Crippen molar-refractivity contribution in [2.75, 3.05) is 0 Å². The molecule has 0 heteroatoms. The van der Waals surface area contributed by atoms with Gasteiger partial charge in [-0.15, -0.1) is 0 Å². The summed E-state index contributed by atoms with van der Waals surface area (Å²) in [6.45, 7) is 13.5. The molecule has 0 spiro atoms. The highest BCUT2D eigenvalue weighted by Crippen LogP contribution is 2.03. The van der Waals surface area contributed by atoms with E-state index >= 15 is 0 Å². The molecule has 0 heterocycles. The minimum absolute atomic E-state index is 0. The van der Waals surface area contributed by atoms with Crippen molar-refractivity contribution in [2.24, 2.45) is 11.8 Å². The first-order valence-corrected chi connectivity index (χ1v) is 5.62. The highest BCUT2D eigenvalue weighted by atomic mass is 14.0. The van der Waals surface area contributed by atoms with E-state index in [0.717, 1.165) is 11.8 Å². The fraction of sp³-hybridized carbons (Fsp3) is 1.00. The maximum Gasteiger partial charge on any atom is -0.0448 e. The molecule has 0 aliphatic carbocycles. The molecule has 0 aromatic heterocycles. The van der Waals surface area contributed by atoms with Crippen molar-refractivity contribution < 1.29 is 0 Å². The van der Waals surface area contributed by atoms with Crippen LogP contribution >= 0.6 is 0 Å². The summed E-state index contributed by atoms with van der Waals surface area (Å²) in [6.07, 6.45) is 5.32. The van der Waals surface area contributed by atoms with E-state index in [4.69, 9.17) is 0 Å². The van der Waals surface area contributed by atoms with Crippen LogP contribution in [0.2, 0.25) is 0 Å². The summed E-state index contributed by atoms with van der Waals surface area (Å²) >= 11 is 0. The number of hydrogen-bond donors (Lipinski definition) is 0. The normalized spacial score (nSPS) is 7.50. The third kappa shape index (κ3) is 37.0. The first-order valence-electron chi connectivity index (χ1n) is 5.62. The average molecular weight is 237 g/mol. The van der Waals surface area contributed by atoms with E-state index in [1.807, 2.05) is 0 Å². The van der Waals surface area contributed by atoms with Crippen LogP contribution in [0.15, 0.2) is 0 Å². The van der Waals surface area contributed by atoms with Gasteiger partial charge in [-0.1, -0.05) is 96.9 Å². The third-order valence-electron chi connectivity index (χ3n) is 2.79. The van der Waals surface area contributed by atoms with Crippen LogP contribution in [0.3, 0.4) is 0 Å². The van der Waals surface area contributed by atoms with Crippen molar-refractivity contribution in [1.82, 2.24) is 0 Å². The lowest BCUT2D eigenvalue weighted by Crippen LogP contribution is -1.85. The Morgan fingerprint density at radius 3 is 0.625 bits per heavy atom. The lowest BCUT2D eigenvalue weighted by atomic mass is 10.1. The predicted octanol–water partition coefficient (Wildman–Crippen LogP) is 7.43. The van der Waals surface area contributed by atoms with Crippen molar-refractivity contribution >= 4 is 0 Å². The minimum Gasteiger partial charge on any atom is -0.0776 e. The van der Waals surface area contributed by atoms with Crippen molar-refractivity contribution in [1.29, 1.82) is 0 Å². The van der Waals surface area contributed by atoms with Gasteiger partial charge in [0.2, 0.25) is 0 Å². The molecule has 0 saturated carbocycles. The van der Waals surface area contributed by atoms with Gasteiger partial charge in [0.1, 0.15) is 0 Å². The molecule has 16 heavy (non-hydrogen) atoms. The smallest absolute Gasteiger partial charge is 0.0448 e. The molecule has 108 valence electrons. The summed E-state index contributed by atoms with van der Waals surface area (Å²) in [7, 11) is 0. The van der Waals surface area contributed by atoms with E-state index in [1.165, 1.54) is 25.7 Å². The Morgan fingerprint density at radius 1 is 0.500 bits per heavy atom. The zero-order valence-electron chi connectivity index (χ0n) is 9.98. The average Bonchev–Trinajstić information content (AvgIpc) is 2.16. The molecule has 0 atom stereocenters. The summed E-state index contributed by atoms with van der Waals surface area (Å²) < 4.78 is 0. The maximum atomic E-state index is 2.28. The fourth-order valence-electron chi connectivity index (χ4n) is 0.577. The predicted molar refractivity (Wildman–Crippen MR) is 86.4 cm³/mol. The fourth-order valence-corrected chi connectivity index (χ4v) is 0.577. The molecular weight excluding hydrogens is 192 g/mol. The lowest BCUT2D eigenvalue weighted by Gasteiger charge is -1.98. The second kappa shape index (κ2) is 29.4. The second-order valence-electron chi connectivity index (χ2n) is 3.84. The molecule has 0 amide bonds. The zero-order valence-corrected chi connectivity index (χ0v) is 9.98. The largest absolute Gasteiger partial charge is 0.0776 e. The molecule has 0 bridgehead atoms. The second-order valence-corrected chi connectivity index (χ2v) is 3.84. The maximum absolute atomic E-state index is 2.28. The molecule has 0 radical (unpaired) electrons. The third-order valence-corrected chi connectivity index (χ3v) is 2.79. The van der Waals surface area contributed by atoms with Crippen LogP contribution in [0.1, 0.15) is 96.9 Å². The molecule has 0 unspecified atom stereocenters. The molecule has 0 fully saturated rings. The minimum atomic E-state index is 0. The van der Waals surface area contributed by atoms with Crippen LogP contribution in [0.4, 0.5) is 0 Å². The van der Waals surface area contributed by atoms with Crippen molar-refractivity contribution in [3.05, 3.63) is 0 Å². The van der Waals surface area contributed by atoms with E-state index in [1.54, 1.807) is 0 Å². The summed E-state index contributed by atoms with van der Waals surface area (Å²) in [5, 5.41) is 0. The molecule has 0 aliphatic heterocycles. The number of rotatable bonds is 4. The molecular formula is C16H44. The Kier molecular flexibility index (Phi) is 66.1. The molecule has 0 aromatic carbocycles. The molecule has 0 rings (SSSR count). The van der Waals surface area contributed by atoms with E-state index in [-0.39, 0.29) is 29.7 Å².